The summed E-state index contributed by atoms with van der Waals surface area (Å²) in [5.74, 6) is 1.21. The third-order valence-electron chi connectivity index (χ3n) is 3.81. The Balaban J connectivity index is 1.62. The van der Waals surface area contributed by atoms with Crippen LogP contribution in [0.2, 0.25) is 0 Å². The van der Waals surface area contributed by atoms with E-state index in [1.807, 2.05) is 24.3 Å². The fraction of sp³-hybridized carbons (Fsp3) is 0.235. The maximum absolute atomic E-state index is 13.8. The highest BCUT2D eigenvalue weighted by molar-refractivity contribution is 7.98. The minimum atomic E-state index is -0.176. The second kappa shape index (κ2) is 6.12. The van der Waals surface area contributed by atoms with E-state index >= 15 is 0 Å². The smallest absolute Gasteiger partial charge is 0.192 e. The fourth-order valence-electron chi connectivity index (χ4n) is 2.49. The number of halogens is 1. The maximum atomic E-state index is 13.8. The van der Waals surface area contributed by atoms with E-state index in [0.29, 0.717) is 17.4 Å². The molecule has 0 N–H and O–H groups in total. The Kier molecular flexibility index (Phi) is 3.83. The molecule has 6 heteroatoms. The van der Waals surface area contributed by atoms with E-state index in [4.69, 9.17) is 0 Å². The molecule has 1 aliphatic rings. The molecule has 0 saturated heterocycles. The summed E-state index contributed by atoms with van der Waals surface area (Å²) in [7, 11) is 0. The van der Waals surface area contributed by atoms with Crippen molar-refractivity contribution < 1.29 is 4.39 Å². The van der Waals surface area contributed by atoms with Gasteiger partial charge in [-0.3, -0.25) is 9.55 Å². The lowest BCUT2D eigenvalue weighted by Crippen LogP contribution is -2.00. The molecule has 1 fully saturated rings. The van der Waals surface area contributed by atoms with Crippen molar-refractivity contribution in [2.24, 2.45) is 0 Å². The number of thioether (sulfide) groups is 1. The first kappa shape index (κ1) is 14.4. The largest absolute Gasteiger partial charge is 0.299 e. The molecule has 0 aliphatic heterocycles. The SMILES string of the molecule is Fc1ccccc1CSc1nnc(-c2cccnc2)n1C1CC1. The van der Waals surface area contributed by atoms with Gasteiger partial charge >= 0.3 is 0 Å². The Labute approximate surface area is 137 Å². The van der Waals surface area contributed by atoms with Crippen LogP contribution in [0.25, 0.3) is 11.4 Å². The van der Waals surface area contributed by atoms with Gasteiger partial charge in [0.1, 0.15) is 5.82 Å². The van der Waals surface area contributed by atoms with Crippen LogP contribution < -0.4 is 0 Å². The van der Waals surface area contributed by atoms with E-state index in [2.05, 4.69) is 19.7 Å². The molecule has 2 heterocycles. The van der Waals surface area contributed by atoms with Gasteiger partial charge in [-0.15, -0.1) is 10.2 Å². The first-order valence-corrected chi connectivity index (χ1v) is 8.53. The fourth-order valence-corrected chi connectivity index (χ4v) is 3.48. The average molecular weight is 326 g/mol. The molecule has 4 nitrogen and oxygen atoms in total. The van der Waals surface area contributed by atoms with Gasteiger partial charge in [0, 0.05) is 29.8 Å². The molecule has 3 aromatic rings. The monoisotopic (exact) mass is 326 g/mol. The second-order valence-electron chi connectivity index (χ2n) is 5.53. The molecular formula is C17H15FN4S. The molecule has 1 saturated carbocycles. The zero-order valence-electron chi connectivity index (χ0n) is 12.4. The van der Waals surface area contributed by atoms with Crippen molar-refractivity contribution in [1.29, 1.82) is 0 Å². The number of benzene rings is 1. The Morgan fingerprint density at radius 1 is 1.13 bits per heavy atom. The summed E-state index contributed by atoms with van der Waals surface area (Å²) >= 11 is 1.53. The molecule has 4 rings (SSSR count). The number of hydrogen-bond donors (Lipinski definition) is 0. The molecule has 23 heavy (non-hydrogen) atoms. The highest BCUT2D eigenvalue weighted by Crippen LogP contribution is 2.41. The predicted molar refractivity (Wildman–Crippen MR) is 87.5 cm³/mol. The van der Waals surface area contributed by atoms with Crippen LogP contribution >= 0.6 is 11.8 Å². The molecule has 0 unspecified atom stereocenters. The van der Waals surface area contributed by atoms with Crippen molar-refractivity contribution in [1.82, 2.24) is 19.7 Å². The lowest BCUT2D eigenvalue weighted by atomic mass is 10.2. The van der Waals surface area contributed by atoms with Gasteiger partial charge in [0.25, 0.3) is 0 Å². The summed E-state index contributed by atoms with van der Waals surface area (Å²) in [6.45, 7) is 0. The molecule has 0 amide bonds. The molecule has 0 spiro atoms. The van der Waals surface area contributed by atoms with Gasteiger partial charge in [0.05, 0.1) is 0 Å². The van der Waals surface area contributed by atoms with Crippen LogP contribution in [0.3, 0.4) is 0 Å². The van der Waals surface area contributed by atoms with Gasteiger partial charge in [-0.05, 0) is 36.6 Å². The zero-order valence-corrected chi connectivity index (χ0v) is 13.2. The number of aromatic nitrogens is 4. The summed E-state index contributed by atoms with van der Waals surface area (Å²) in [5, 5.41) is 9.51. The molecule has 116 valence electrons. The Bertz CT molecular complexity index is 814. The normalized spacial score (nSPS) is 14.1. The Morgan fingerprint density at radius 3 is 2.74 bits per heavy atom. The van der Waals surface area contributed by atoms with Crippen molar-refractivity contribution in [3.8, 4) is 11.4 Å². The van der Waals surface area contributed by atoms with E-state index in [-0.39, 0.29) is 5.82 Å². The maximum Gasteiger partial charge on any atom is 0.192 e. The van der Waals surface area contributed by atoms with Crippen LogP contribution in [-0.2, 0) is 5.75 Å². The van der Waals surface area contributed by atoms with Gasteiger partial charge in [-0.1, -0.05) is 30.0 Å². The van der Waals surface area contributed by atoms with E-state index in [9.17, 15) is 4.39 Å². The van der Waals surface area contributed by atoms with Crippen molar-refractivity contribution in [3.05, 3.63) is 60.2 Å². The predicted octanol–water partition coefficient (Wildman–Crippen LogP) is 4.11. The average Bonchev–Trinajstić information content (AvgIpc) is 3.34. The van der Waals surface area contributed by atoms with Gasteiger partial charge in [0.15, 0.2) is 11.0 Å². The molecule has 2 aromatic heterocycles. The summed E-state index contributed by atoms with van der Waals surface area (Å²) in [6.07, 6.45) is 5.82. The molecular weight excluding hydrogens is 311 g/mol. The minimum absolute atomic E-state index is 0.176. The van der Waals surface area contributed by atoms with Crippen molar-refractivity contribution in [2.75, 3.05) is 0 Å². The quantitative estimate of drug-likeness (QED) is 0.662. The Morgan fingerprint density at radius 2 is 2.00 bits per heavy atom. The van der Waals surface area contributed by atoms with Crippen LogP contribution in [0.1, 0.15) is 24.4 Å². The lowest BCUT2D eigenvalue weighted by Gasteiger charge is -2.08. The molecule has 0 atom stereocenters. The first-order chi connectivity index (χ1) is 11.3. The Hall–Kier alpha value is -2.21. The van der Waals surface area contributed by atoms with E-state index in [1.165, 1.54) is 17.8 Å². The third kappa shape index (κ3) is 2.99. The standard InChI is InChI=1S/C17H15FN4S/c18-15-6-2-1-4-13(15)11-23-17-21-20-16(22(17)14-7-8-14)12-5-3-9-19-10-12/h1-6,9-10,14H,7-8,11H2. The summed E-state index contributed by atoms with van der Waals surface area (Å²) in [4.78, 5) is 4.16. The first-order valence-electron chi connectivity index (χ1n) is 7.54. The third-order valence-corrected chi connectivity index (χ3v) is 4.80. The number of hydrogen-bond acceptors (Lipinski definition) is 4. The van der Waals surface area contributed by atoms with Crippen LogP contribution in [0.15, 0.2) is 53.9 Å². The second-order valence-corrected chi connectivity index (χ2v) is 6.47. The van der Waals surface area contributed by atoms with Crippen LogP contribution in [0.5, 0.6) is 0 Å². The molecule has 0 bridgehead atoms. The number of rotatable bonds is 5. The summed E-state index contributed by atoms with van der Waals surface area (Å²) < 4.78 is 15.9. The summed E-state index contributed by atoms with van der Waals surface area (Å²) in [5.41, 5.74) is 1.65. The highest BCUT2D eigenvalue weighted by Gasteiger charge is 2.30. The van der Waals surface area contributed by atoms with E-state index in [0.717, 1.165) is 29.4 Å². The van der Waals surface area contributed by atoms with Crippen LogP contribution in [0, 0.1) is 5.82 Å². The zero-order chi connectivity index (χ0) is 15.6. The molecule has 1 aromatic carbocycles. The van der Waals surface area contributed by atoms with Crippen LogP contribution in [-0.4, -0.2) is 19.7 Å². The molecule has 0 radical (unpaired) electrons. The molecule has 1 aliphatic carbocycles. The number of pyridine rings is 1. The van der Waals surface area contributed by atoms with Gasteiger partial charge in [-0.25, -0.2) is 4.39 Å². The van der Waals surface area contributed by atoms with Gasteiger partial charge in [-0.2, -0.15) is 0 Å². The highest BCUT2D eigenvalue weighted by atomic mass is 32.2. The van der Waals surface area contributed by atoms with Gasteiger partial charge < -0.3 is 0 Å². The van der Waals surface area contributed by atoms with Gasteiger partial charge in [0.2, 0.25) is 0 Å². The van der Waals surface area contributed by atoms with Crippen molar-refractivity contribution >= 4 is 11.8 Å². The van der Waals surface area contributed by atoms with E-state index in [1.54, 1.807) is 18.5 Å². The summed E-state index contributed by atoms with van der Waals surface area (Å²) in [6, 6.07) is 11.2. The van der Waals surface area contributed by atoms with Crippen molar-refractivity contribution in [2.45, 2.75) is 29.8 Å². The minimum Gasteiger partial charge on any atom is -0.299 e. The van der Waals surface area contributed by atoms with Crippen molar-refractivity contribution in [3.63, 3.8) is 0 Å². The van der Waals surface area contributed by atoms with E-state index < -0.39 is 0 Å². The topological polar surface area (TPSA) is 43.6 Å². The lowest BCUT2D eigenvalue weighted by molar-refractivity contribution is 0.617. The number of nitrogens with zero attached hydrogens (tertiary/aromatic N) is 4. The van der Waals surface area contributed by atoms with Crippen LogP contribution in [0.4, 0.5) is 4.39 Å².